The average molecular weight is 293 g/mol. The lowest BCUT2D eigenvalue weighted by Crippen LogP contribution is -2.43. The maximum absolute atomic E-state index is 12.3. The molecule has 2 N–H and O–H groups in total. The third-order valence-corrected chi connectivity index (χ3v) is 3.47. The molecule has 1 fully saturated rings. The van der Waals surface area contributed by atoms with E-state index in [2.05, 4.69) is 0 Å². The average Bonchev–Trinajstić information content (AvgIpc) is 2.49. The molecule has 1 aliphatic heterocycles. The molecule has 1 saturated heterocycles. The highest BCUT2D eigenvalue weighted by molar-refractivity contribution is 6.58. The minimum absolute atomic E-state index is 0.295. The zero-order valence-electron chi connectivity index (χ0n) is 12.1. The fourth-order valence-corrected chi connectivity index (χ4v) is 2.40. The minimum atomic E-state index is -1.51. The molecule has 1 aromatic carbocycles. The number of ether oxygens (including phenoxy) is 2. The third-order valence-electron chi connectivity index (χ3n) is 3.47. The summed E-state index contributed by atoms with van der Waals surface area (Å²) < 4.78 is 10.5. The van der Waals surface area contributed by atoms with Crippen molar-refractivity contribution >= 4 is 18.6 Å². The van der Waals surface area contributed by atoms with E-state index in [9.17, 15) is 4.79 Å². The Bertz CT molecular complexity index is 459. The zero-order valence-corrected chi connectivity index (χ0v) is 12.1. The van der Waals surface area contributed by atoms with Crippen LogP contribution >= 0.6 is 0 Å². The molecule has 2 rings (SSSR count). The third kappa shape index (κ3) is 4.04. The van der Waals surface area contributed by atoms with E-state index in [1.165, 1.54) is 0 Å². The highest BCUT2D eigenvalue weighted by atomic mass is 16.5. The van der Waals surface area contributed by atoms with Gasteiger partial charge in [0.05, 0.1) is 19.8 Å². The van der Waals surface area contributed by atoms with Crippen LogP contribution in [0.4, 0.5) is 0 Å². The molecule has 0 unspecified atom stereocenters. The number of esters is 1. The quantitative estimate of drug-likeness (QED) is 0.552. The molecule has 0 aliphatic carbocycles. The molecule has 0 amide bonds. The van der Waals surface area contributed by atoms with Gasteiger partial charge >= 0.3 is 13.1 Å². The van der Waals surface area contributed by atoms with Crippen molar-refractivity contribution in [2.24, 2.45) is 0 Å². The van der Waals surface area contributed by atoms with E-state index in [0.717, 1.165) is 5.56 Å². The standard InChI is InChI=1S/C14H20BNO5/c1-2-21-14(17)13(16-7-9-20-10-8-16)11-3-5-12(6-4-11)15(18)19/h3-6,13,18-19H,2,7-10H2,1H3/t13-/m0/s1. The first-order valence-corrected chi connectivity index (χ1v) is 7.08. The van der Waals surface area contributed by atoms with Gasteiger partial charge in [-0.05, 0) is 17.9 Å². The van der Waals surface area contributed by atoms with Crippen molar-refractivity contribution in [1.82, 2.24) is 4.90 Å². The normalized spacial score (nSPS) is 17.3. The van der Waals surface area contributed by atoms with Gasteiger partial charge in [0.25, 0.3) is 0 Å². The number of benzene rings is 1. The van der Waals surface area contributed by atoms with E-state index in [4.69, 9.17) is 19.5 Å². The van der Waals surface area contributed by atoms with Crippen LogP contribution in [0.1, 0.15) is 18.5 Å². The van der Waals surface area contributed by atoms with E-state index >= 15 is 0 Å². The van der Waals surface area contributed by atoms with Crippen LogP contribution in [0.25, 0.3) is 0 Å². The lowest BCUT2D eigenvalue weighted by Gasteiger charge is -2.33. The van der Waals surface area contributed by atoms with Crippen molar-refractivity contribution in [3.63, 3.8) is 0 Å². The van der Waals surface area contributed by atoms with E-state index in [-0.39, 0.29) is 5.97 Å². The predicted octanol–water partition coefficient (Wildman–Crippen LogP) is -0.697. The van der Waals surface area contributed by atoms with Crippen LogP contribution in [0.2, 0.25) is 0 Å². The first-order chi connectivity index (χ1) is 10.1. The number of hydrogen-bond acceptors (Lipinski definition) is 6. The highest BCUT2D eigenvalue weighted by Crippen LogP contribution is 2.23. The van der Waals surface area contributed by atoms with Crippen LogP contribution in [0.3, 0.4) is 0 Å². The highest BCUT2D eigenvalue weighted by Gasteiger charge is 2.30. The van der Waals surface area contributed by atoms with Gasteiger partial charge < -0.3 is 19.5 Å². The summed E-state index contributed by atoms with van der Waals surface area (Å²) in [6.45, 7) is 4.60. The summed E-state index contributed by atoms with van der Waals surface area (Å²) in [5.74, 6) is -0.295. The number of carbonyl (C=O) groups is 1. The van der Waals surface area contributed by atoms with Crippen LogP contribution in [0.5, 0.6) is 0 Å². The largest absolute Gasteiger partial charge is 0.488 e. The van der Waals surface area contributed by atoms with Crippen molar-refractivity contribution < 1.29 is 24.3 Å². The van der Waals surface area contributed by atoms with Gasteiger partial charge in [-0.25, -0.2) is 4.79 Å². The fraction of sp³-hybridized carbons (Fsp3) is 0.500. The van der Waals surface area contributed by atoms with Crippen molar-refractivity contribution in [2.45, 2.75) is 13.0 Å². The molecule has 0 bridgehead atoms. The van der Waals surface area contributed by atoms with Crippen LogP contribution in [0, 0.1) is 0 Å². The Labute approximate surface area is 124 Å². The predicted molar refractivity (Wildman–Crippen MR) is 78.0 cm³/mol. The number of nitrogens with zero attached hydrogens (tertiary/aromatic N) is 1. The Morgan fingerprint density at radius 1 is 1.33 bits per heavy atom. The maximum atomic E-state index is 12.3. The van der Waals surface area contributed by atoms with Gasteiger partial charge in [-0.2, -0.15) is 0 Å². The van der Waals surface area contributed by atoms with Crippen LogP contribution in [0.15, 0.2) is 24.3 Å². The van der Waals surface area contributed by atoms with Gasteiger partial charge in [0.15, 0.2) is 0 Å². The topological polar surface area (TPSA) is 79.2 Å². The van der Waals surface area contributed by atoms with Crippen LogP contribution in [-0.4, -0.2) is 60.9 Å². The summed E-state index contributed by atoms with van der Waals surface area (Å²) in [6.07, 6.45) is 0. The Hall–Kier alpha value is -1.41. The first-order valence-electron chi connectivity index (χ1n) is 7.08. The van der Waals surface area contributed by atoms with Gasteiger partial charge in [-0.3, -0.25) is 4.90 Å². The molecule has 114 valence electrons. The molecule has 0 aromatic heterocycles. The Morgan fingerprint density at radius 2 is 1.95 bits per heavy atom. The minimum Gasteiger partial charge on any atom is -0.465 e. The Morgan fingerprint density at radius 3 is 2.48 bits per heavy atom. The molecule has 1 aliphatic rings. The monoisotopic (exact) mass is 293 g/mol. The molecular formula is C14H20BNO5. The Kier molecular flexibility index (Phi) is 5.75. The van der Waals surface area contributed by atoms with Crippen molar-refractivity contribution in [3.8, 4) is 0 Å². The van der Waals surface area contributed by atoms with Gasteiger partial charge in [-0.15, -0.1) is 0 Å². The number of rotatable bonds is 5. The van der Waals surface area contributed by atoms with Gasteiger partial charge in [0.1, 0.15) is 6.04 Å². The summed E-state index contributed by atoms with van der Waals surface area (Å²) in [5.41, 5.74) is 1.17. The second-order valence-electron chi connectivity index (χ2n) is 4.84. The number of carbonyl (C=O) groups excluding carboxylic acids is 1. The van der Waals surface area contributed by atoms with Gasteiger partial charge in [0, 0.05) is 13.1 Å². The van der Waals surface area contributed by atoms with Gasteiger partial charge in [-0.1, -0.05) is 24.3 Å². The lowest BCUT2D eigenvalue weighted by molar-refractivity contribution is -0.151. The van der Waals surface area contributed by atoms with E-state index in [1.54, 1.807) is 31.2 Å². The molecule has 1 atom stereocenters. The summed E-state index contributed by atoms with van der Waals surface area (Å²) in [5, 5.41) is 18.3. The molecule has 6 nitrogen and oxygen atoms in total. The van der Waals surface area contributed by atoms with E-state index in [0.29, 0.717) is 38.4 Å². The first kappa shape index (κ1) is 16.0. The van der Waals surface area contributed by atoms with Crippen LogP contribution in [-0.2, 0) is 14.3 Å². The van der Waals surface area contributed by atoms with E-state index in [1.807, 2.05) is 4.90 Å². The SMILES string of the molecule is CCOC(=O)[C@H](c1ccc(B(O)O)cc1)N1CCOCC1. The summed E-state index contributed by atoms with van der Waals surface area (Å²) in [4.78, 5) is 14.3. The maximum Gasteiger partial charge on any atom is 0.488 e. The molecule has 0 saturated carbocycles. The lowest BCUT2D eigenvalue weighted by atomic mass is 9.80. The second kappa shape index (κ2) is 7.56. The molecule has 7 heteroatoms. The molecule has 1 heterocycles. The van der Waals surface area contributed by atoms with E-state index < -0.39 is 13.2 Å². The molecule has 0 radical (unpaired) electrons. The van der Waals surface area contributed by atoms with Gasteiger partial charge in [0.2, 0.25) is 0 Å². The van der Waals surface area contributed by atoms with Crippen molar-refractivity contribution in [2.75, 3.05) is 32.9 Å². The fourth-order valence-electron chi connectivity index (χ4n) is 2.40. The van der Waals surface area contributed by atoms with Crippen molar-refractivity contribution in [1.29, 1.82) is 0 Å². The zero-order chi connectivity index (χ0) is 15.2. The van der Waals surface area contributed by atoms with Crippen LogP contribution < -0.4 is 5.46 Å². The summed E-state index contributed by atoms with van der Waals surface area (Å²) >= 11 is 0. The molecule has 1 aromatic rings. The molecule has 21 heavy (non-hydrogen) atoms. The molecular weight excluding hydrogens is 273 g/mol. The summed E-state index contributed by atoms with van der Waals surface area (Å²) in [7, 11) is -1.51. The van der Waals surface area contributed by atoms with Crippen molar-refractivity contribution in [3.05, 3.63) is 29.8 Å². The second-order valence-corrected chi connectivity index (χ2v) is 4.84. The Balaban J connectivity index is 2.22. The summed E-state index contributed by atoms with van der Waals surface area (Å²) in [6, 6.07) is 6.18. The number of morpholine rings is 1. The smallest absolute Gasteiger partial charge is 0.465 e. The molecule has 0 spiro atoms. The number of hydrogen-bond donors (Lipinski definition) is 2.